The average molecular weight is 377 g/mol. The van der Waals surface area contributed by atoms with Crippen molar-refractivity contribution in [3.63, 3.8) is 0 Å². The van der Waals surface area contributed by atoms with Gasteiger partial charge in [0, 0.05) is 7.11 Å². The molecule has 86 valence electrons. The molecule has 0 heterocycles. The third-order valence-electron chi connectivity index (χ3n) is 2.37. The summed E-state index contributed by atoms with van der Waals surface area (Å²) in [5.41, 5.74) is 0. The minimum Gasteiger partial charge on any atom is -0.358 e. The molecule has 0 fully saturated rings. The molecule has 0 aromatic heterocycles. The Bertz CT molecular complexity index is 128. The molecule has 0 aliphatic carbocycles. The molecule has 0 N–H and O–H groups in total. The van der Waals surface area contributed by atoms with Gasteiger partial charge in [0.15, 0.2) is 2.52 Å². The topological polar surface area (TPSA) is 9.23 Å². The van der Waals surface area contributed by atoms with Gasteiger partial charge in [-0.2, -0.15) is 0 Å². The van der Waals surface area contributed by atoms with Crippen molar-refractivity contribution in [3.05, 3.63) is 0 Å². The summed E-state index contributed by atoms with van der Waals surface area (Å²) in [5.74, 6) is 0. The molecular weight excluding hydrogens is 355 g/mol. The third-order valence-corrected chi connectivity index (χ3v) is 4.07. The van der Waals surface area contributed by atoms with Crippen molar-refractivity contribution in [2.24, 2.45) is 0 Å². The maximum absolute atomic E-state index is 5.29. The first-order valence-electron chi connectivity index (χ1n) is 5.55. The summed E-state index contributed by atoms with van der Waals surface area (Å²) < 4.78 is 5.16. The van der Waals surface area contributed by atoms with E-state index in [9.17, 15) is 0 Å². The van der Waals surface area contributed by atoms with Gasteiger partial charge in [-0.15, -0.1) is 0 Å². The maximum Gasteiger partial charge on any atom is 0.173 e. The first kappa shape index (κ1) is 15.2. The summed E-state index contributed by atoms with van der Waals surface area (Å²) in [6.07, 6.45) is 10.6. The fourth-order valence-corrected chi connectivity index (χ4v) is 2.05. The van der Waals surface area contributed by atoms with Gasteiger partial charge in [0.2, 0.25) is 0 Å². The molecule has 1 atom stereocenters. The zero-order valence-corrected chi connectivity index (χ0v) is 13.1. The molecule has 1 nitrogen and oxygen atoms in total. The lowest BCUT2D eigenvalue weighted by atomic mass is 10.1. The highest BCUT2D eigenvalue weighted by molar-refractivity contribution is 14.1. The Kier molecular flexibility index (Phi) is 10.2. The molecule has 0 amide bonds. The summed E-state index contributed by atoms with van der Waals surface area (Å²) in [7, 11) is 1.75. The number of methoxy groups -OCH3 is 1. The third kappa shape index (κ3) is 9.71. The largest absolute Gasteiger partial charge is 0.358 e. The van der Waals surface area contributed by atoms with E-state index < -0.39 is 0 Å². The molecule has 3 heteroatoms. The lowest BCUT2D eigenvalue weighted by Crippen LogP contribution is -2.12. The van der Waals surface area contributed by atoms with Crippen LogP contribution in [0.2, 0.25) is 0 Å². The number of halogens is 2. The van der Waals surface area contributed by atoms with Crippen LogP contribution in [0.1, 0.15) is 58.3 Å². The van der Waals surface area contributed by atoms with Gasteiger partial charge in [0.1, 0.15) is 0 Å². The van der Waals surface area contributed by atoms with Crippen LogP contribution in [0.5, 0.6) is 0 Å². The number of hydrogen-bond donors (Lipinski definition) is 0. The molecule has 0 aliphatic rings. The second kappa shape index (κ2) is 9.40. The first-order valence-corrected chi connectivity index (χ1v) is 7.42. The van der Waals surface area contributed by atoms with Gasteiger partial charge in [0.25, 0.3) is 0 Å². The van der Waals surface area contributed by atoms with Gasteiger partial charge in [-0.25, -0.2) is 0 Å². The van der Waals surface area contributed by atoms with Crippen molar-refractivity contribution in [2.75, 3.05) is 7.11 Å². The van der Waals surface area contributed by atoms with Crippen LogP contribution in [0.3, 0.4) is 0 Å². The predicted octanol–water partition coefficient (Wildman–Crippen LogP) is 5.26. The van der Waals surface area contributed by atoms with Crippen molar-refractivity contribution in [3.8, 4) is 0 Å². The predicted molar refractivity (Wildman–Crippen MR) is 75.3 cm³/mol. The molecule has 0 saturated carbocycles. The molecule has 1 unspecified atom stereocenters. The highest BCUT2D eigenvalue weighted by atomic mass is 127. The molecule has 0 aliphatic heterocycles. The van der Waals surface area contributed by atoms with Crippen LogP contribution in [-0.4, -0.2) is 9.63 Å². The Morgan fingerprint density at radius 3 is 2.07 bits per heavy atom. The van der Waals surface area contributed by atoms with E-state index in [1.54, 1.807) is 7.11 Å². The van der Waals surface area contributed by atoms with Crippen molar-refractivity contribution in [1.29, 1.82) is 0 Å². The lowest BCUT2D eigenvalue weighted by Gasteiger charge is -2.17. The quantitative estimate of drug-likeness (QED) is 0.303. The smallest absolute Gasteiger partial charge is 0.173 e. The van der Waals surface area contributed by atoms with E-state index in [1.165, 1.54) is 44.9 Å². The fourth-order valence-electron chi connectivity index (χ4n) is 1.39. The second-order valence-electron chi connectivity index (χ2n) is 3.71. The van der Waals surface area contributed by atoms with Crippen LogP contribution in [0.25, 0.3) is 0 Å². The Morgan fingerprint density at radius 1 is 1.07 bits per heavy atom. The highest BCUT2D eigenvalue weighted by Crippen LogP contribution is 2.33. The van der Waals surface area contributed by atoms with Crippen LogP contribution in [0.15, 0.2) is 0 Å². The van der Waals surface area contributed by atoms with E-state index >= 15 is 0 Å². The Balaban J connectivity index is 3.13. The summed E-state index contributed by atoms with van der Waals surface area (Å²) >= 11 is 5.85. The standard InChI is InChI=1S/C11H22BrIO/c1-3-4-5-6-7-8-9-10-11(12,13)14-2/h3-10H2,1-2H3. The van der Waals surface area contributed by atoms with Gasteiger partial charge < -0.3 is 4.74 Å². The minimum absolute atomic E-state index is 0.131. The zero-order valence-electron chi connectivity index (χ0n) is 9.32. The molecular formula is C11H22BrIO. The first-order chi connectivity index (χ1) is 6.62. The monoisotopic (exact) mass is 376 g/mol. The van der Waals surface area contributed by atoms with Crippen molar-refractivity contribution < 1.29 is 4.74 Å². The van der Waals surface area contributed by atoms with Crippen LogP contribution < -0.4 is 0 Å². The van der Waals surface area contributed by atoms with Crippen LogP contribution >= 0.6 is 38.5 Å². The Labute approximate surface area is 111 Å². The van der Waals surface area contributed by atoms with Crippen LogP contribution in [0, 0.1) is 0 Å². The van der Waals surface area contributed by atoms with E-state index in [4.69, 9.17) is 4.74 Å². The molecule has 0 rings (SSSR count). The van der Waals surface area contributed by atoms with Gasteiger partial charge in [0.05, 0.1) is 0 Å². The second-order valence-corrected chi connectivity index (χ2v) is 8.22. The fraction of sp³-hybridized carbons (Fsp3) is 1.00. The molecule has 0 aromatic rings. The molecule has 0 radical (unpaired) electrons. The van der Waals surface area contributed by atoms with Crippen LogP contribution in [0.4, 0.5) is 0 Å². The lowest BCUT2D eigenvalue weighted by molar-refractivity contribution is 0.155. The van der Waals surface area contributed by atoms with Crippen molar-refractivity contribution >= 4 is 38.5 Å². The van der Waals surface area contributed by atoms with Crippen molar-refractivity contribution in [1.82, 2.24) is 0 Å². The molecule has 14 heavy (non-hydrogen) atoms. The Hall–Kier alpha value is 1.17. The average Bonchev–Trinajstić information content (AvgIpc) is 2.16. The number of unbranched alkanes of at least 4 members (excludes halogenated alkanes) is 6. The van der Waals surface area contributed by atoms with E-state index in [0.29, 0.717) is 0 Å². The SMILES string of the molecule is CCCCCCCCCC(Br)(I)OC. The van der Waals surface area contributed by atoms with Crippen molar-refractivity contribution in [2.45, 2.75) is 60.8 Å². The van der Waals surface area contributed by atoms with Gasteiger partial charge in [-0.1, -0.05) is 45.4 Å². The number of rotatable bonds is 9. The minimum atomic E-state index is -0.131. The van der Waals surface area contributed by atoms with Gasteiger partial charge >= 0.3 is 0 Å². The normalized spacial score (nSPS) is 15.4. The Morgan fingerprint density at radius 2 is 1.57 bits per heavy atom. The summed E-state index contributed by atoms with van der Waals surface area (Å²) in [6, 6.07) is 0. The van der Waals surface area contributed by atoms with E-state index in [1.807, 2.05) is 0 Å². The van der Waals surface area contributed by atoms with E-state index in [0.717, 1.165) is 6.42 Å². The summed E-state index contributed by atoms with van der Waals surface area (Å²) in [6.45, 7) is 2.26. The summed E-state index contributed by atoms with van der Waals surface area (Å²) in [5, 5.41) is 0. The van der Waals surface area contributed by atoms with Crippen LogP contribution in [-0.2, 0) is 4.74 Å². The summed E-state index contributed by atoms with van der Waals surface area (Å²) in [4.78, 5) is 0. The molecule has 0 saturated heterocycles. The van der Waals surface area contributed by atoms with E-state index in [-0.39, 0.29) is 2.52 Å². The number of alkyl halides is 2. The molecule has 0 bridgehead atoms. The number of ether oxygens (including phenoxy) is 1. The van der Waals surface area contributed by atoms with Gasteiger partial charge in [-0.05, 0) is 51.4 Å². The van der Waals surface area contributed by atoms with E-state index in [2.05, 4.69) is 45.4 Å². The molecule has 0 aromatic carbocycles. The number of hydrogen-bond acceptors (Lipinski definition) is 1. The maximum atomic E-state index is 5.29. The molecule has 0 spiro atoms. The van der Waals surface area contributed by atoms with Gasteiger partial charge in [-0.3, -0.25) is 0 Å². The zero-order chi connectivity index (χ0) is 10.9. The highest BCUT2D eigenvalue weighted by Gasteiger charge is 2.19.